The van der Waals surface area contributed by atoms with E-state index in [0.29, 0.717) is 11.7 Å². The van der Waals surface area contributed by atoms with Crippen LogP contribution in [0, 0.1) is 13.8 Å². The molecule has 1 amide bonds. The van der Waals surface area contributed by atoms with Crippen molar-refractivity contribution in [2.75, 3.05) is 4.90 Å². The van der Waals surface area contributed by atoms with Gasteiger partial charge in [0.25, 0.3) is 5.91 Å². The zero-order chi connectivity index (χ0) is 18.8. The van der Waals surface area contributed by atoms with Crippen LogP contribution in [0.3, 0.4) is 0 Å². The molecule has 1 aromatic carbocycles. The second-order valence-electron chi connectivity index (χ2n) is 6.35. The molecule has 27 heavy (non-hydrogen) atoms. The van der Waals surface area contributed by atoms with Gasteiger partial charge in [-0.1, -0.05) is 29.5 Å². The van der Waals surface area contributed by atoms with Crippen LogP contribution in [0.2, 0.25) is 0 Å². The number of pyridine rings is 1. The van der Waals surface area contributed by atoms with Crippen molar-refractivity contribution in [2.24, 2.45) is 0 Å². The third kappa shape index (κ3) is 3.73. The quantitative estimate of drug-likeness (QED) is 0.531. The normalized spacial score (nSPS) is 11.0. The minimum atomic E-state index is -0.0640. The number of benzene rings is 1. The van der Waals surface area contributed by atoms with Crippen LogP contribution in [0.5, 0.6) is 0 Å². The van der Waals surface area contributed by atoms with Gasteiger partial charge in [-0.05, 0) is 44.2 Å². The molecule has 4 rings (SSSR count). The van der Waals surface area contributed by atoms with E-state index in [0.717, 1.165) is 27.3 Å². The predicted octanol–water partition coefficient (Wildman–Crippen LogP) is 3.74. The summed E-state index contributed by atoms with van der Waals surface area (Å²) in [6.45, 7) is 4.42. The van der Waals surface area contributed by atoms with Gasteiger partial charge in [-0.15, -0.1) is 0 Å². The van der Waals surface area contributed by atoms with Crippen molar-refractivity contribution in [1.29, 1.82) is 0 Å². The molecule has 0 atom stereocenters. The number of hydrogen-bond acceptors (Lipinski definition) is 5. The van der Waals surface area contributed by atoms with Crippen LogP contribution in [0.15, 0.2) is 54.7 Å². The zero-order valence-electron chi connectivity index (χ0n) is 15.2. The molecule has 0 aliphatic carbocycles. The van der Waals surface area contributed by atoms with E-state index in [1.165, 1.54) is 11.3 Å². The summed E-state index contributed by atoms with van der Waals surface area (Å²) in [6.07, 6.45) is 1.73. The van der Waals surface area contributed by atoms with Gasteiger partial charge in [-0.2, -0.15) is 5.10 Å². The summed E-state index contributed by atoms with van der Waals surface area (Å²) in [6, 6.07) is 15.6. The van der Waals surface area contributed by atoms with Gasteiger partial charge in [-0.25, -0.2) is 4.98 Å². The fraction of sp³-hybridized carbons (Fsp3) is 0.200. The molecule has 0 unspecified atom stereocenters. The van der Waals surface area contributed by atoms with Crippen molar-refractivity contribution in [1.82, 2.24) is 19.7 Å². The first-order valence-electron chi connectivity index (χ1n) is 8.67. The summed E-state index contributed by atoms with van der Waals surface area (Å²) in [5.74, 6) is -0.0640. The van der Waals surface area contributed by atoms with Gasteiger partial charge < -0.3 is 0 Å². The van der Waals surface area contributed by atoms with E-state index in [9.17, 15) is 4.79 Å². The lowest BCUT2D eigenvalue weighted by atomic mass is 10.3. The highest BCUT2D eigenvalue weighted by molar-refractivity contribution is 7.22. The van der Waals surface area contributed by atoms with Gasteiger partial charge in [-0.3, -0.25) is 19.4 Å². The van der Waals surface area contributed by atoms with Crippen molar-refractivity contribution < 1.29 is 4.79 Å². The number of rotatable bonds is 5. The number of anilines is 1. The fourth-order valence-electron chi connectivity index (χ4n) is 2.94. The third-order valence-electron chi connectivity index (χ3n) is 4.25. The predicted molar refractivity (Wildman–Crippen MR) is 107 cm³/mol. The number of hydrogen-bond donors (Lipinski definition) is 0. The number of nitrogens with zero attached hydrogens (tertiary/aromatic N) is 5. The van der Waals surface area contributed by atoms with Gasteiger partial charge in [0, 0.05) is 11.9 Å². The van der Waals surface area contributed by atoms with Crippen LogP contribution < -0.4 is 4.90 Å². The molecule has 3 aromatic heterocycles. The van der Waals surface area contributed by atoms with Crippen molar-refractivity contribution >= 4 is 32.6 Å². The van der Waals surface area contributed by atoms with Crippen molar-refractivity contribution in [3.8, 4) is 0 Å². The molecule has 7 heteroatoms. The monoisotopic (exact) mass is 377 g/mol. The molecule has 0 aliphatic rings. The maximum absolute atomic E-state index is 13.2. The fourth-order valence-corrected chi connectivity index (χ4v) is 3.92. The molecule has 0 saturated heterocycles. The van der Waals surface area contributed by atoms with Crippen LogP contribution in [0.25, 0.3) is 10.2 Å². The molecule has 0 N–H and O–H groups in total. The SMILES string of the molecule is Cc1cc(C)n(CC(=O)N(Cc2ccccn2)c2nc3ccccc3s2)n1. The number of fused-ring (bicyclic) bond motifs is 1. The lowest BCUT2D eigenvalue weighted by Crippen LogP contribution is -2.34. The number of carbonyl (C=O) groups excluding carboxylic acids is 1. The number of aromatic nitrogens is 4. The second-order valence-corrected chi connectivity index (χ2v) is 7.36. The standard InChI is InChI=1S/C20H19N5OS/c1-14-11-15(2)25(23-14)13-19(26)24(12-16-7-5-6-10-21-16)20-22-17-8-3-4-9-18(17)27-20/h3-11H,12-13H2,1-2H3. The third-order valence-corrected chi connectivity index (χ3v) is 5.31. The van der Waals surface area contributed by atoms with Gasteiger partial charge in [0.05, 0.1) is 28.1 Å². The van der Waals surface area contributed by atoms with Crippen molar-refractivity contribution in [3.05, 3.63) is 71.8 Å². The molecule has 136 valence electrons. The lowest BCUT2D eigenvalue weighted by molar-refractivity contribution is -0.119. The topological polar surface area (TPSA) is 63.9 Å². The van der Waals surface area contributed by atoms with Gasteiger partial charge in [0.2, 0.25) is 0 Å². The van der Waals surface area contributed by atoms with Crippen LogP contribution in [-0.4, -0.2) is 25.7 Å². The zero-order valence-corrected chi connectivity index (χ0v) is 16.0. The van der Waals surface area contributed by atoms with Crippen LogP contribution in [-0.2, 0) is 17.9 Å². The van der Waals surface area contributed by atoms with Crippen molar-refractivity contribution in [3.63, 3.8) is 0 Å². The first kappa shape index (κ1) is 17.4. The molecule has 0 bridgehead atoms. The largest absolute Gasteiger partial charge is 0.280 e. The summed E-state index contributed by atoms with van der Waals surface area (Å²) in [5.41, 5.74) is 3.57. The Morgan fingerprint density at radius 3 is 2.67 bits per heavy atom. The Hall–Kier alpha value is -3.06. The molecular weight excluding hydrogens is 358 g/mol. The Bertz CT molecular complexity index is 1050. The minimum Gasteiger partial charge on any atom is -0.280 e. The van der Waals surface area contributed by atoms with Crippen molar-refractivity contribution in [2.45, 2.75) is 26.9 Å². The summed E-state index contributed by atoms with van der Waals surface area (Å²) in [5, 5.41) is 5.09. The summed E-state index contributed by atoms with van der Waals surface area (Å²) < 4.78 is 2.79. The number of thiazole rings is 1. The van der Waals surface area contributed by atoms with Gasteiger partial charge in [0.1, 0.15) is 6.54 Å². The summed E-state index contributed by atoms with van der Waals surface area (Å²) in [4.78, 5) is 23.9. The molecule has 3 heterocycles. The smallest absolute Gasteiger partial charge is 0.250 e. The minimum absolute atomic E-state index is 0.0640. The number of carbonyl (C=O) groups is 1. The molecule has 4 aromatic rings. The lowest BCUT2D eigenvalue weighted by Gasteiger charge is -2.20. The Labute approximate surface area is 161 Å². The molecule has 0 spiro atoms. The molecule has 0 radical (unpaired) electrons. The summed E-state index contributed by atoms with van der Waals surface area (Å²) in [7, 11) is 0. The van der Waals surface area contributed by atoms with E-state index in [-0.39, 0.29) is 12.5 Å². The number of amides is 1. The highest BCUT2D eigenvalue weighted by atomic mass is 32.1. The van der Waals surface area contributed by atoms with Gasteiger partial charge >= 0.3 is 0 Å². The Morgan fingerprint density at radius 2 is 1.96 bits per heavy atom. The van der Waals surface area contributed by atoms with E-state index in [1.54, 1.807) is 15.8 Å². The Kier molecular flexibility index (Phi) is 4.68. The number of aryl methyl sites for hydroxylation is 2. The average molecular weight is 377 g/mol. The molecule has 0 fully saturated rings. The van der Waals surface area contributed by atoms with E-state index < -0.39 is 0 Å². The van der Waals surface area contributed by atoms with E-state index >= 15 is 0 Å². The first-order chi connectivity index (χ1) is 13.1. The maximum atomic E-state index is 13.2. The molecule has 0 aliphatic heterocycles. The first-order valence-corrected chi connectivity index (χ1v) is 9.49. The van der Waals surface area contributed by atoms with Crippen LogP contribution >= 0.6 is 11.3 Å². The molecule has 0 saturated carbocycles. The summed E-state index contributed by atoms with van der Waals surface area (Å²) >= 11 is 1.51. The van der Waals surface area contributed by atoms with E-state index in [2.05, 4.69) is 15.1 Å². The number of para-hydroxylation sites is 1. The van der Waals surface area contributed by atoms with Gasteiger partial charge in [0.15, 0.2) is 5.13 Å². The van der Waals surface area contributed by atoms with Crippen LogP contribution in [0.1, 0.15) is 17.1 Å². The highest BCUT2D eigenvalue weighted by Crippen LogP contribution is 2.29. The average Bonchev–Trinajstić information content (AvgIpc) is 3.23. The maximum Gasteiger partial charge on any atom is 0.250 e. The highest BCUT2D eigenvalue weighted by Gasteiger charge is 2.22. The van der Waals surface area contributed by atoms with E-state index in [4.69, 9.17) is 0 Å². The Morgan fingerprint density at radius 1 is 1.15 bits per heavy atom. The van der Waals surface area contributed by atoms with E-state index in [1.807, 2.05) is 62.4 Å². The molecular formula is C20H19N5OS. The molecule has 6 nitrogen and oxygen atoms in total. The van der Waals surface area contributed by atoms with Crippen LogP contribution in [0.4, 0.5) is 5.13 Å². The second kappa shape index (κ2) is 7.28. The Balaban J connectivity index is 1.68.